The van der Waals surface area contributed by atoms with Gasteiger partial charge < -0.3 is 5.11 Å². The summed E-state index contributed by atoms with van der Waals surface area (Å²) in [5.41, 5.74) is 2.35. The molecule has 0 amide bonds. The summed E-state index contributed by atoms with van der Waals surface area (Å²) in [6, 6.07) is 7.74. The predicted octanol–water partition coefficient (Wildman–Crippen LogP) is 2.36. The Morgan fingerprint density at radius 3 is 2.06 bits per heavy atom. The molecule has 0 spiro atoms. The van der Waals surface area contributed by atoms with E-state index in [1.807, 2.05) is 12.1 Å². The van der Waals surface area contributed by atoms with Crippen molar-refractivity contribution in [2.75, 3.05) is 14.1 Å². The number of hydrogen-bond donors (Lipinski definition) is 1. The third-order valence-electron chi connectivity index (χ3n) is 2.98. The summed E-state index contributed by atoms with van der Waals surface area (Å²) >= 11 is 0. The number of nitrogens with zero attached hydrogens (tertiary/aromatic N) is 1. The van der Waals surface area contributed by atoms with E-state index >= 15 is 0 Å². The number of hydrogen-bond acceptors (Lipinski definition) is 2. The van der Waals surface area contributed by atoms with Crippen LogP contribution in [0.25, 0.3) is 0 Å². The maximum absolute atomic E-state index is 11.1. The molecule has 0 fully saturated rings. The molecule has 1 atom stereocenters. The monoisotopic (exact) mass is 298 g/mol. The van der Waals surface area contributed by atoms with Gasteiger partial charge in [-0.15, -0.1) is 0 Å². The minimum absolute atomic E-state index is 0. The number of carboxylic acid groups (broad SMARTS) is 1. The molecule has 0 saturated carbocycles. The first kappa shape index (κ1) is 17.2. The molecule has 0 bridgehead atoms. The molecular formula is C14H21CuNO2. The van der Waals surface area contributed by atoms with Crippen LogP contribution >= 0.6 is 0 Å². The standard InChI is InChI=1S/C14H21NO2.Cu/c1-10(2)12-7-5-11(6-8-12)9-13(14(16)17)15(3)4;/h5-8,10,13H,9H2,1-4H3,(H,16,17);. The molecule has 1 N–H and O–H groups in total. The maximum atomic E-state index is 11.1. The second-order valence-electron chi connectivity index (χ2n) is 4.92. The number of likely N-dealkylation sites (N-methyl/N-ethyl adjacent to an activating group) is 1. The fourth-order valence-electron chi connectivity index (χ4n) is 1.75. The molecular weight excluding hydrogens is 278 g/mol. The predicted molar refractivity (Wildman–Crippen MR) is 69.3 cm³/mol. The molecule has 0 saturated heterocycles. The van der Waals surface area contributed by atoms with Gasteiger partial charge in [-0.05, 0) is 37.6 Å². The third-order valence-corrected chi connectivity index (χ3v) is 2.98. The van der Waals surface area contributed by atoms with Gasteiger partial charge in [0.15, 0.2) is 0 Å². The van der Waals surface area contributed by atoms with Gasteiger partial charge in [0.05, 0.1) is 0 Å². The Bertz CT molecular complexity index is 374. The van der Waals surface area contributed by atoms with Crippen LogP contribution in [0.4, 0.5) is 0 Å². The molecule has 1 aromatic carbocycles. The average Bonchev–Trinajstić information content (AvgIpc) is 2.25. The van der Waals surface area contributed by atoms with Gasteiger partial charge in [-0.1, -0.05) is 38.1 Å². The molecule has 18 heavy (non-hydrogen) atoms. The van der Waals surface area contributed by atoms with Gasteiger partial charge in [0, 0.05) is 17.1 Å². The zero-order valence-corrected chi connectivity index (χ0v) is 12.2. The Hall–Kier alpha value is -0.831. The molecule has 1 radical (unpaired) electrons. The van der Waals surface area contributed by atoms with E-state index < -0.39 is 12.0 Å². The van der Waals surface area contributed by atoms with Crippen LogP contribution < -0.4 is 0 Å². The Balaban J connectivity index is 0.00000289. The Morgan fingerprint density at radius 1 is 1.22 bits per heavy atom. The molecule has 0 aliphatic carbocycles. The van der Waals surface area contributed by atoms with Crippen molar-refractivity contribution in [1.29, 1.82) is 0 Å². The minimum Gasteiger partial charge on any atom is -0.480 e. The summed E-state index contributed by atoms with van der Waals surface area (Å²) in [7, 11) is 3.59. The first-order valence-electron chi connectivity index (χ1n) is 5.90. The van der Waals surface area contributed by atoms with E-state index in [0.717, 1.165) is 5.56 Å². The normalized spacial score (nSPS) is 12.3. The van der Waals surface area contributed by atoms with E-state index in [4.69, 9.17) is 5.11 Å². The molecule has 105 valence electrons. The van der Waals surface area contributed by atoms with E-state index in [-0.39, 0.29) is 17.1 Å². The molecule has 1 unspecified atom stereocenters. The largest absolute Gasteiger partial charge is 0.480 e. The molecule has 0 aromatic heterocycles. The van der Waals surface area contributed by atoms with Gasteiger partial charge >= 0.3 is 5.97 Å². The number of rotatable bonds is 5. The summed E-state index contributed by atoms with van der Waals surface area (Å²) in [6.07, 6.45) is 0.542. The smallest absolute Gasteiger partial charge is 0.321 e. The molecule has 1 rings (SSSR count). The summed E-state index contributed by atoms with van der Waals surface area (Å²) < 4.78 is 0. The van der Waals surface area contributed by atoms with Crippen molar-refractivity contribution in [1.82, 2.24) is 4.90 Å². The molecule has 0 heterocycles. The van der Waals surface area contributed by atoms with Crippen LogP contribution in [-0.4, -0.2) is 36.1 Å². The number of aliphatic carboxylic acids is 1. The molecule has 1 aromatic rings. The van der Waals surface area contributed by atoms with Crippen molar-refractivity contribution in [2.45, 2.75) is 32.2 Å². The fourth-order valence-corrected chi connectivity index (χ4v) is 1.75. The van der Waals surface area contributed by atoms with Gasteiger partial charge in [-0.3, -0.25) is 9.69 Å². The average molecular weight is 299 g/mol. The quantitative estimate of drug-likeness (QED) is 0.849. The van der Waals surface area contributed by atoms with Crippen LogP contribution in [0, 0.1) is 0 Å². The first-order valence-corrected chi connectivity index (χ1v) is 5.90. The third kappa shape index (κ3) is 4.81. The van der Waals surface area contributed by atoms with Crippen LogP contribution in [0.5, 0.6) is 0 Å². The fraction of sp³-hybridized carbons (Fsp3) is 0.500. The van der Waals surface area contributed by atoms with Crippen LogP contribution in [0.1, 0.15) is 30.9 Å². The number of carbonyl (C=O) groups is 1. The summed E-state index contributed by atoms with van der Waals surface area (Å²) in [4.78, 5) is 12.8. The Morgan fingerprint density at radius 2 is 1.72 bits per heavy atom. The van der Waals surface area contributed by atoms with E-state index in [0.29, 0.717) is 12.3 Å². The van der Waals surface area contributed by atoms with Crippen LogP contribution in [0.15, 0.2) is 24.3 Å². The van der Waals surface area contributed by atoms with E-state index in [9.17, 15) is 4.79 Å². The SMILES string of the molecule is CC(C)c1ccc(CC(C(=O)O)N(C)C)cc1.[Cu]. The number of benzene rings is 1. The number of carboxylic acids is 1. The molecule has 0 aliphatic rings. The van der Waals surface area contributed by atoms with Crippen molar-refractivity contribution in [3.05, 3.63) is 35.4 Å². The first-order chi connectivity index (χ1) is 7.91. The van der Waals surface area contributed by atoms with Gasteiger partial charge in [-0.2, -0.15) is 0 Å². The van der Waals surface area contributed by atoms with Crippen molar-refractivity contribution in [2.24, 2.45) is 0 Å². The van der Waals surface area contributed by atoms with Crippen LogP contribution in [0.3, 0.4) is 0 Å². The summed E-state index contributed by atoms with van der Waals surface area (Å²) in [5.74, 6) is -0.267. The maximum Gasteiger partial charge on any atom is 0.321 e. The molecule has 0 aliphatic heterocycles. The van der Waals surface area contributed by atoms with Gasteiger partial charge in [0.25, 0.3) is 0 Å². The van der Waals surface area contributed by atoms with Crippen molar-refractivity contribution in [3.8, 4) is 0 Å². The van der Waals surface area contributed by atoms with E-state index in [2.05, 4.69) is 26.0 Å². The summed E-state index contributed by atoms with van der Waals surface area (Å²) in [6.45, 7) is 4.30. The Labute approximate surface area is 120 Å². The van der Waals surface area contributed by atoms with Gasteiger partial charge in [-0.25, -0.2) is 0 Å². The van der Waals surface area contributed by atoms with Gasteiger partial charge in [0.1, 0.15) is 6.04 Å². The van der Waals surface area contributed by atoms with Gasteiger partial charge in [0.2, 0.25) is 0 Å². The van der Waals surface area contributed by atoms with Crippen LogP contribution in [0.2, 0.25) is 0 Å². The van der Waals surface area contributed by atoms with E-state index in [1.54, 1.807) is 19.0 Å². The Kier molecular flexibility index (Phi) is 7.22. The molecule has 3 nitrogen and oxygen atoms in total. The second-order valence-corrected chi connectivity index (χ2v) is 4.92. The van der Waals surface area contributed by atoms with E-state index in [1.165, 1.54) is 5.56 Å². The van der Waals surface area contributed by atoms with Crippen molar-refractivity contribution >= 4 is 5.97 Å². The van der Waals surface area contributed by atoms with Crippen molar-refractivity contribution < 1.29 is 27.0 Å². The van der Waals surface area contributed by atoms with Crippen LogP contribution in [-0.2, 0) is 28.3 Å². The molecule has 4 heteroatoms. The summed E-state index contributed by atoms with van der Waals surface area (Å²) in [5, 5.41) is 9.11. The zero-order chi connectivity index (χ0) is 13.0. The topological polar surface area (TPSA) is 40.5 Å². The minimum atomic E-state index is -0.775. The second kappa shape index (κ2) is 7.57. The zero-order valence-electron chi connectivity index (χ0n) is 11.3. The van der Waals surface area contributed by atoms with Crippen molar-refractivity contribution in [3.63, 3.8) is 0 Å².